The summed E-state index contributed by atoms with van der Waals surface area (Å²) in [6, 6.07) is 7.19. The summed E-state index contributed by atoms with van der Waals surface area (Å²) in [5.74, 6) is 0.722. The maximum atomic E-state index is 6.08. The van der Waals surface area contributed by atoms with Gasteiger partial charge in [0.1, 0.15) is 5.76 Å². The van der Waals surface area contributed by atoms with Crippen molar-refractivity contribution in [3.63, 3.8) is 0 Å². The van der Waals surface area contributed by atoms with Crippen molar-refractivity contribution in [1.29, 1.82) is 0 Å². The molecule has 1 aromatic carbocycles. The highest BCUT2D eigenvalue weighted by Gasteiger charge is 2.10. The monoisotopic (exact) mass is 241 g/mol. The topological polar surface area (TPSA) is 39.2 Å². The summed E-state index contributed by atoms with van der Waals surface area (Å²) in [6.45, 7) is 0.349. The van der Waals surface area contributed by atoms with Crippen molar-refractivity contribution in [2.45, 2.75) is 6.54 Å². The van der Waals surface area contributed by atoms with E-state index in [1.807, 2.05) is 12.1 Å². The number of hydrogen-bond acceptors (Lipinski definition) is 2. The molecule has 2 aromatic rings. The van der Waals surface area contributed by atoms with Gasteiger partial charge in [0.05, 0.1) is 12.8 Å². The molecule has 0 amide bonds. The smallest absolute Gasteiger partial charge is 0.125 e. The minimum atomic E-state index is 0.349. The molecular formula is C11H9Cl2NO. The largest absolute Gasteiger partial charge is 0.467 e. The summed E-state index contributed by atoms with van der Waals surface area (Å²) < 4.78 is 5.24. The number of benzene rings is 1. The third-order valence-corrected chi connectivity index (χ3v) is 2.70. The van der Waals surface area contributed by atoms with Gasteiger partial charge in [0.25, 0.3) is 0 Å². The van der Waals surface area contributed by atoms with Crippen LogP contribution < -0.4 is 5.73 Å². The first-order valence-electron chi connectivity index (χ1n) is 4.44. The molecule has 4 heteroatoms. The van der Waals surface area contributed by atoms with E-state index in [9.17, 15) is 0 Å². The molecule has 1 heterocycles. The van der Waals surface area contributed by atoms with E-state index in [1.165, 1.54) is 0 Å². The Kier molecular flexibility index (Phi) is 3.00. The molecule has 0 radical (unpaired) electrons. The van der Waals surface area contributed by atoms with Crippen LogP contribution >= 0.6 is 23.2 Å². The van der Waals surface area contributed by atoms with Gasteiger partial charge >= 0.3 is 0 Å². The van der Waals surface area contributed by atoms with Gasteiger partial charge in [-0.05, 0) is 18.2 Å². The Morgan fingerprint density at radius 2 is 1.93 bits per heavy atom. The summed E-state index contributed by atoms with van der Waals surface area (Å²) in [6.07, 6.45) is 1.60. The number of halogens is 2. The van der Waals surface area contributed by atoms with Gasteiger partial charge in [-0.15, -0.1) is 0 Å². The van der Waals surface area contributed by atoms with Crippen LogP contribution in [0.15, 0.2) is 34.9 Å². The van der Waals surface area contributed by atoms with E-state index < -0.39 is 0 Å². The third kappa shape index (κ3) is 2.02. The molecular weight excluding hydrogens is 233 g/mol. The second kappa shape index (κ2) is 4.27. The van der Waals surface area contributed by atoms with Crippen molar-refractivity contribution in [3.05, 3.63) is 46.3 Å². The van der Waals surface area contributed by atoms with Gasteiger partial charge in [0.2, 0.25) is 0 Å². The molecule has 2 nitrogen and oxygen atoms in total. The summed E-state index contributed by atoms with van der Waals surface area (Å²) >= 11 is 11.9. The van der Waals surface area contributed by atoms with Gasteiger partial charge in [-0.1, -0.05) is 29.3 Å². The minimum absolute atomic E-state index is 0.349. The van der Waals surface area contributed by atoms with Crippen LogP contribution in [0, 0.1) is 0 Å². The predicted octanol–water partition coefficient (Wildman–Crippen LogP) is 3.71. The van der Waals surface area contributed by atoms with E-state index in [0.717, 1.165) is 16.9 Å². The number of hydrogen-bond donors (Lipinski definition) is 1. The number of rotatable bonds is 2. The van der Waals surface area contributed by atoms with Crippen LogP contribution in [0.2, 0.25) is 10.0 Å². The molecule has 0 aliphatic rings. The van der Waals surface area contributed by atoms with E-state index in [1.54, 1.807) is 18.4 Å². The summed E-state index contributed by atoms with van der Waals surface area (Å²) in [7, 11) is 0. The molecule has 0 aliphatic carbocycles. The molecule has 0 atom stereocenters. The average Bonchev–Trinajstić information content (AvgIpc) is 2.65. The zero-order valence-electron chi connectivity index (χ0n) is 7.84. The van der Waals surface area contributed by atoms with E-state index in [0.29, 0.717) is 16.6 Å². The lowest BCUT2D eigenvalue weighted by molar-refractivity contribution is 0.513. The highest BCUT2D eigenvalue weighted by Crippen LogP contribution is 2.32. The summed E-state index contributed by atoms with van der Waals surface area (Å²) in [5.41, 5.74) is 7.35. The van der Waals surface area contributed by atoms with E-state index in [4.69, 9.17) is 33.4 Å². The summed E-state index contributed by atoms with van der Waals surface area (Å²) in [5, 5.41) is 1.21. The Bertz CT molecular complexity index is 479. The molecule has 1 aromatic heterocycles. The van der Waals surface area contributed by atoms with Gasteiger partial charge < -0.3 is 10.2 Å². The third-order valence-electron chi connectivity index (χ3n) is 2.15. The van der Waals surface area contributed by atoms with Crippen LogP contribution in [0.5, 0.6) is 0 Å². The fourth-order valence-corrected chi connectivity index (χ4v) is 1.96. The Balaban J connectivity index is 2.54. The molecule has 2 rings (SSSR count). The van der Waals surface area contributed by atoms with Gasteiger partial charge in [-0.2, -0.15) is 0 Å². The van der Waals surface area contributed by atoms with Crippen molar-refractivity contribution >= 4 is 23.2 Å². The van der Waals surface area contributed by atoms with Gasteiger partial charge in [0, 0.05) is 21.2 Å². The Morgan fingerprint density at radius 1 is 1.13 bits per heavy atom. The van der Waals surface area contributed by atoms with Crippen LogP contribution in [0.1, 0.15) is 5.76 Å². The predicted molar refractivity (Wildman–Crippen MR) is 62.1 cm³/mol. The highest BCUT2D eigenvalue weighted by molar-refractivity contribution is 6.36. The Hall–Kier alpha value is -0.960. The average molecular weight is 242 g/mol. The van der Waals surface area contributed by atoms with Gasteiger partial charge in [-0.3, -0.25) is 0 Å². The van der Waals surface area contributed by atoms with E-state index in [2.05, 4.69) is 0 Å². The van der Waals surface area contributed by atoms with Crippen molar-refractivity contribution in [2.75, 3.05) is 0 Å². The van der Waals surface area contributed by atoms with Crippen LogP contribution in [-0.4, -0.2) is 0 Å². The number of nitrogens with two attached hydrogens (primary N) is 1. The molecule has 2 N–H and O–H groups in total. The maximum absolute atomic E-state index is 6.08. The fourth-order valence-electron chi connectivity index (χ4n) is 1.45. The molecule has 0 fully saturated rings. The molecule has 0 saturated carbocycles. The molecule has 0 aliphatic heterocycles. The molecule has 0 saturated heterocycles. The van der Waals surface area contributed by atoms with Crippen LogP contribution in [0.3, 0.4) is 0 Å². The molecule has 0 spiro atoms. The van der Waals surface area contributed by atoms with E-state index in [-0.39, 0.29) is 0 Å². The van der Waals surface area contributed by atoms with Crippen LogP contribution in [0.4, 0.5) is 0 Å². The lowest BCUT2D eigenvalue weighted by Crippen LogP contribution is -1.96. The lowest BCUT2D eigenvalue weighted by Gasteiger charge is -2.03. The molecule has 15 heavy (non-hydrogen) atoms. The van der Waals surface area contributed by atoms with Crippen molar-refractivity contribution in [1.82, 2.24) is 0 Å². The number of furan rings is 1. The SMILES string of the molecule is NCc1occc1-c1ccc(Cl)cc1Cl. The Morgan fingerprint density at radius 3 is 2.60 bits per heavy atom. The highest BCUT2D eigenvalue weighted by atomic mass is 35.5. The first kappa shape index (κ1) is 10.6. The zero-order chi connectivity index (χ0) is 10.8. The fraction of sp³-hybridized carbons (Fsp3) is 0.0909. The van der Waals surface area contributed by atoms with Gasteiger partial charge in [-0.25, -0.2) is 0 Å². The molecule has 0 unspecified atom stereocenters. The standard InChI is InChI=1S/C11H9Cl2NO/c12-7-1-2-8(10(13)5-7)9-3-4-15-11(9)6-14/h1-5H,6,14H2. The molecule has 0 bridgehead atoms. The maximum Gasteiger partial charge on any atom is 0.125 e. The first-order valence-corrected chi connectivity index (χ1v) is 5.20. The summed E-state index contributed by atoms with van der Waals surface area (Å²) in [4.78, 5) is 0. The van der Waals surface area contributed by atoms with Crippen molar-refractivity contribution in [3.8, 4) is 11.1 Å². The van der Waals surface area contributed by atoms with E-state index >= 15 is 0 Å². The minimum Gasteiger partial charge on any atom is -0.467 e. The second-order valence-corrected chi connectivity index (χ2v) is 3.93. The second-order valence-electron chi connectivity index (χ2n) is 3.09. The Labute approximate surface area is 97.6 Å². The normalized spacial score (nSPS) is 10.6. The first-order chi connectivity index (χ1) is 7.22. The van der Waals surface area contributed by atoms with Crippen LogP contribution in [-0.2, 0) is 6.54 Å². The van der Waals surface area contributed by atoms with Crippen molar-refractivity contribution < 1.29 is 4.42 Å². The zero-order valence-corrected chi connectivity index (χ0v) is 9.35. The lowest BCUT2D eigenvalue weighted by atomic mass is 10.1. The molecule has 78 valence electrons. The quantitative estimate of drug-likeness (QED) is 0.871. The van der Waals surface area contributed by atoms with Crippen LogP contribution in [0.25, 0.3) is 11.1 Å². The van der Waals surface area contributed by atoms with Crippen molar-refractivity contribution in [2.24, 2.45) is 5.73 Å². The van der Waals surface area contributed by atoms with Gasteiger partial charge in [0.15, 0.2) is 0 Å².